The molecule has 0 radical (unpaired) electrons. The molecule has 0 spiro atoms. The molecule has 0 atom stereocenters. The molecule has 26 heavy (non-hydrogen) atoms. The van der Waals surface area contributed by atoms with E-state index in [1.807, 2.05) is 18.2 Å². The Hall–Kier alpha value is -2.72. The van der Waals surface area contributed by atoms with Gasteiger partial charge < -0.3 is 14.2 Å². The number of aromatic nitrogens is 1. The zero-order valence-corrected chi connectivity index (χ0v) is 16.0. The number of pyridine rings is 1. The number of hydrogen-bond acceptors (Lipinski definition) is 7. The second-order valence-corrected chi connectivity index (χ2v) is 6.24. The predicted octanol–water partition coefficient (Wildman–Crippen LogP) is 3.75. The Labute approximate surface area is 157 Å². The molecule has 136 valence electrons. The van der Waals surface area contributed by atoms with Crippen molar-refractivity contribution in [3.8, 4) is 17.6 Å². The van der Waals surface area contributed by atoms with Gasteiger partial charge in [-0.15, -0.1) is 11.8 Å². The molecule has 2 rings (SSSR count). The van der Waals surface area contributed by atoms with Crippen LogP contribution in [0.4, 0.5) is 0 Å². The number of methoxy groups -OCH3 is 2. The fourth-order valence-corrected chi connectivity index (χ4v) is 3.31. The lowest BCUT2D eigenvalue weighted by Crippen LogP contribution is -2.09. The fraction of sp³-hybridized carbons (Fsp3) is 0.316. The van der Waals surface area contributed by atoms with Crippen LogP contribution in [0.15, 0.2) is 29.3 Å². The highest BCUT2D eigenvalue weighted by Gasteiger charge is 2.17. The molecular formula is C19H20N2O4S. The molecular weight excluding hydrogens is 352 g/mol. The van der Waals surface area contributed by atoms with E-state index in [1.54, 1.807) is 28.1 Å². The molecule has 0 bridgehead atoms. The molecule has 0 fully saturated rings. The molecule has 1 aromatic heterocycles. The van der Waals surface area contributed by atoms with Crippen LogP contribution < -0.4 is 9.47 Å². The number of nitrogens with zero attached hydrogens (tertiary/aromatic N) is 2. The number of carbonyl (C=O) groups is 1. The van der Waals surface area contributed by atoms with Gasteiger partial charge in [-0.3, -0.25) is 0 Å². The van der Waals surface area contributed by atoms with Crippen LogP contribution in [0.5, 0.6) is 11.5 Å². The number of benzene rings is 1. The number of hydrogen-bond donors (Lipinski definition) is 0. The smallest absolute Gasteiger partial charge is 0.340 e. The zero-order chi connectivity index (χ0) is 19.1. The average Bonchev–Trinajstić information content (AvgIpc) is 2.66. The van der Waals surface area contributed by atoms with Gasteiger partial charge in [0.25, 0.3) is 0 Å². The van der Waals surface area contributed by atoms with Crippen molar-refractivity contribution in [3.63, 3.8) is 0 Å². The Morgan fingerprint density at radius 2 is 2.04 bits per heavy atom. The minimum Gasteiger partial charge on any atom is -0.497 e. The highest BCUT2D eigenvalue weighted by Crippen LogP contribution is 2.32. The van der Waals surface area contributed by atoms with Crippen molar-refractivity contribution >= 4 is 17.7 Å². The lowest BCUT2D eigenvalue weighted by atomic mass is 10.1. The van der Waals surface area contributed by atoms with Crippen LogP contribution in [0.2, 0.25) is 0 Å². The van der Waals surface area contributed by atoms with Gasteiger partial charge in [-0.1, -0.05) is 0 Å². The predicted molar refractivity (Wildman–Crippen MR) is 98.8 cm³/mol. The number of carbonyl (C=O) groups excluding carboxylic acids is 1. The van der Waals surface area contributed by atoms with Gasteiger partial charge in [0.2, 0.25) is 0 Å². The van der Waals surface area contributed by atoms with Crippen molar-refractivity contribution in [1.82, 2.24) is 4.98 Å². The van der Waals surface area contributed by atoms with Crippen molar-refractivity contribution < 1.29 is 19.0 Å². The summed E-state index contributed by atoms with van der Waals surface area (Å²) in [5, 5.41) is 9.98. The van der Waals surface area contributed by atoms with E-state index in [0.717, 1.165) is 17.1 Å². The molecule has 1 aromatic carbocycles. The molecule has 7 heteroatoms. The van der Waals surface area contributed by atoms with Crippen LogP contribution in [0.25, 0.3) is 0 Å². The number of esters is 1. The SMILES string of the molecule is CCOC(=O)c1cc(C#N)c(SCc2cc(OC)ccc2OC)nc1C. The monoisotopic (exact) mass is 372 g/mol. The standard InChI is InChI=1S/C19H20N2O4S/c1-5-25-19(22)16-9-13(10-20)18(21-12(16)2)26-11-14-8-15(23-3)6-7-17(14)24-4/h6-9H,5,11H2,1-4H3. The summed E-state index contributed by atoms with van der Waals surface area (Å²) < 4.78 is 15.6. The number of nitriles is 1. The van der Waals surface area contributed by atoms with E-state index in [2.05, 4.69) is 11.1 Å². The largest absolute Gasteiger partial charge is 0.497 e. The van der Waals surface area contributed by atoms with Gasteiger partial charge in [0, 0.05) is 11.3 Å². The summed E-state index contributed by atoms with van der Waals surface area (Å²) in [7, 11) is 3.21. The molecule has 1 heterocycles. The zero-order valence-electron chi connectivity index (χ0n) is 15.2. The minimum atomic E-state index is -0.472. The summed E-state index contributed by atoms with van der Waals surface area (Å²) in [4.78, 5) is 16.4. The Balaban J connectivity index is 2.29. The molecule has 2 aromatic rings. The first-order valence-corrected chi connectivity index (χ1v) is 8.95. The number of ether oxygens (including phenoxy) is 3. The highest BCUT2D eigenvalue weighted by atomic mass is 32.2. The highest BCUT2D eigenvalue weighted by molar-refractivity contribution is 7.98. The quantitative estimate of drug-likeness (QED) is 0.541. The van der Waals surface area contributed by atoms with Gasteiger partial charge >= 0.3 is 5.97 Å². The first kappa shape index (κ1) is 19.6. The number of thioether (sulfide) groups is 1. The third-order valence-electron chi connectivity index (χ3n) is 3.65. The Bertz CT molecular complexity index is 846. The van der Waals surface area contributed by atoms with E-state index in [0.29, 0.717) is 27.6 Å². The van der Waals surface area contributed by atoms with E-state index < -0.39 is 5.97 Å². The van der Waals surface area contributed by atoms with Gasteiger partial charge in [0.1, 0.15) is 22.6 Å². The second-order valence-electron chi connectivity index (χ2n) is 5.27. The first-order chi connectivity index (χ1) is 12.5. The second kappa shape index (κ2) is 9.11. The lowest BCUT2D eigenvalue weighted by molar-refractivity contribution is 0.0524. The maximum absolute atomic E-state index is 12.0. The third kappa shape index (κ3) is 4.46. The summed E-state index contributed by atoms with van der Waals surface area (Å²) in [6.07, 6.45) is 0. The molecule has 0 aliphatic heterocycles. The number of aryl methyl sites for hydroxylation is 1. The number of rotatable bonds is 7. The molecule has 0 unspecified atom stereocenters. The van der Waals surface area contributed by atoms with Gasteiger partial charge in [-0.2, -0.15) is 5.26 Å². The van der Waals surface area contributed by atoms with Crippen molar-refractivity contribution in [1.29, 1.82) is 5.26 Å². The topological polar surface area (TPSA) is 81.4 Å². The Morgan fingerprint density at radius 1 is 1.27 bits per heavy atom. The summed E-state index contributed by atoms with van der Waals surface area (Å²) in [6.45, 7) is 3.73. The van der Waals surface area contributed by atoms with Gasteiger partial charge in [-0.25, -0.2) is 9.78 Å². The van der Waals surface area contributed by atoms with E-state index in [9.17, 15) is 10.1 Å². The van der Waals surface area contributed by atoms with Crippen molar-refractivity contribution in [2.24, 2.45) is 0 Å². The molecule has 0 aliphatic rings. The summed E-state index contributed by atoms with van der Waals surface area (Å²) in [5.41, 5.74) is 2.11. The van der Waals surface area contributed by atoms with Crippen LogP contribution in [-0.2, 0) is 10.5 Å². The Morgan fingerprint density at radius 3 is 2.65 bits per heavy atom. The minimum absolute atomic E-state index is 0.270. The molecule has 0 aliphatic carbocycles. The van der Waals surface area contributed by atoms with Crippen LogP contribution in [0.3, 0.4) is 0 Å². The van der Waals surface area contributed by atoms with E-state index in [4.69, 9.17) is 14.2 Å². The summed E-state index contributed by atoms with van der Waals surface area (Å²) >= 11 is 1.40. The van der Waals surface area contributed by atoms with Gasteiger partial charge in [0.05, 0.1) is 37.6 Å². The van der Waals surface area contributed by atoms with Crippen molar-refractivity contribution in [3.05, 3.63) is 46.6 Å². The maximum atomic E-state index is 12.0. The molecule has 0 saturated carbocycles. The van der Waals surface area contributed by atoms with E-state index >= 15 is 0 Å². The van der Waals surface area contributed by atoms with E-state index in [-0.39, 0.29) is 6.61 Å². The average molecular weight is 372 g/mol. The van der Waals surface area contributed by atoms with Gasteiger partial charge in [-0.05, 0) is 38.1 Å². The lowest BCUT2D eigenvalue weighted by Gasteiger charge is -2.12. The maximum Gasteiger partial charge on any atom is 0.340 e. The first-order valence-electron chi connectivity index (χ1n) is 7.96. The summed E-state index contributed by atoms with van der Waals surface area (Å²) in [6, 6.07) is 9.18. The van der Waals surface area contributed by atoms with Crippen molar-refractivity contribution in [2.75, 3.05) is 20.8 Å². The normalized spacial score (nSPS) is 10.1. The fourth-order valence-electron chi connectivity index (χ4n) is 2.33. The third-order valence-corrected chi connectivity index (χ3v) is 4.69. The van der Waals surface area contributed by atoms with Crippen LogP contribution in [-0.4, -0.2) is 31.8 Å². The van der Waals surface area contributed by atoms with Crippen LogP contribution >= 0.6 is 11.8 Å². The van der Waals surface area contributed by atoms with Crippen LogP contribution in [0.1, 0.15) is 34.1 Å². The molecule has 0 saturated heterocycles. The molecule has 0 amide bonds. The van der Waals surface area contributed by atoms with Gasteiger partial charge in [0.15, 0.2) is 0 Å². The molecule has 6 nitrogen and oxygen atoms in total. The molecule has 0 N–H and O–H groups in total. The van der Waals surface area contributed by atoms with E-state index in [1.165, 1.54) is 17.8 Å². The summed E-state index contributed by atoms with van der Waals surface area (Å²) in [5.74, 6) is 1.53. The van der Waals surface area contributed by atoms with Crippen molar-refractivity contribution in [2.45, 2.75) is 24.6 Å². The Kier molecular flexibility index (Phi) is 6.87. The van der Waals surface area contributed by atoms with Crippen LogP contribution in [0, 0.1) is 18.3 Å².